The van der Waals surface area contributed by atoms with Crippen molar-refractivity contribution in [2.45, 2.75) is 6.92 Å². The quantitative estimate of drug-likeness (QED) is 0.496. The normalized spacial score (nSPS) is 9.00. The van der Waals surface area contributed by atoms with Gasteiger partial charge in [-0.1, -0.05) is 0 Å². The van der Waals surface area contributed by atoms with E-state index in [4.69, 9.17) is 0 Å². The van der Waals surface area contributed by atoms with Crippen LogP contribution in [0.15, 0.2) is 12.4 Å². The van der Waals surface area contributed by atoms with Crippen molar-refractivity contribution in [1.29, 1.82) is 0 Å². The van der Waals surface area contributed by atoms with Gasteiger partial charge >= 0.3 is 0 Å². The molecule has 1 heterocycles. The van der Waals surface area contributed by atoms with Gasteiger partial charge in [-0.25, -0.2) is 0 Å². The van der Waals surface area contributed by atoms with E-state index in [-0.39, 0.29) is 5.78 Å². The molecule has 1 aromatic heterocycles. The summed E-state index contributed by atoms with van der Waals surface area (Å²) in [5.41, 5.74) is 0.491. The molecule has 0 bridgehead atoms. The van der Waals surface area contributed by atoms with Crippen molar-refractivity contribution in [3.8, 4) is 0 Å². The second-order valence-electron chi connectivity index (χ2n) is 1.59. The molecule has 4 heteroatoms. The highest BCUT2D eigenvalue weighted by molar-refractivity contribution is 5.93. The molecule has 0 N–H and O–H groups in total. The van der Waals surface area contributed by atoms with Crippen molar-refractivity contribution in [2.24, 2.45) is 0 Å². The fourth-order valence-electron chi connectivity index (χ4n) is 0.421. The van der Waals surface area contributed by atoms with Gasteiger partial charge in [-0.3, -0.25) is 4.79 Å². The summed E-state index contributed by atoms with van der Waals surface area (Å²) in [6, 6.07) is 0. The molecule has 0 saturated heterocycles. The van der Waals surface area contributed by atoms with Gasteiger partial charge < -0.3 is 0 Å². The Morgan fingerprint density at radius 1 is 1.44 bits per heavy atom. The Balaban J connectivity index is 2.98. The molecule has 0 aliphatic carbocycles. The van der Waals surface area contributed by atoms with Gasteiger partial charge in [0, 0.05) is 0 Å². The highest BCUT2D eigenvalue weighted by Gasteiger charge is 1.95. The molecular weight excluding hydrogens is 118 g/mol. The molecule has 0 fully saturated rings. The summed E-state index contributed by atoms with van der Waals surface area (Å²) in [5.74, 6) is -0.0441. The minimum Gasteiger partial charge on any atom is -0.294 e. The molecule has 0 aliphatic rings. The van der Waals surface area contributed by atoms with Crippen molar-refractivity contribution >= 4 is 5.78 Å². The van der Waals surface area contributed by atoms with Gasteiger partial charge in [-0.05, 0) is 12.1 Å². The first-order chi connectivity index (χ1) is 4.30. The van der Waals surface area contributed by atoms with Crippen LogP contribution < -0.4 is 0 Å². The predicted octanol–water partition coefficient (Wildman–Crippen LogP) is 0.0742. The fraction of sp³-hybridized carbons (Fsp3) is 0.200. The van der Waals surface area contributed by atoms with Gasteiger partial charge in [0.15, 0.2) is 5.78 Å². The van der Waals surface area contributed by atoms with Gasteiger partial charge in [0.05, 0.1) is 18.0 Å². The maximum Gasteiger partial charge on any atom is 0.163 e. The lowest BCUT2D eigenvalue weighted by atomic mass is 10.3. The Bertz CT molecular complexity index is 209. The Labute approximate surface area is 51.9 Å². The highest BCUT2D eigenvalue weighted by atomic mass is 16.1. The zero-order chi connectivity index (χ0) is 6.69. The lowest BCUT2D eigenvalue weighted by Gasteiger charge is -1.86. The zero-order valence-electron chi connectivity index (χ0n) is 4.90. The number of aromatic nitrogens is 3. The molecule has 0 amide bonds. The van der Waals surface area contributed by atoms with E-state index < -0.39 is 0 Å². The standard InChI is InChI=1S/C5H5N3O/c1-4(9)5-2-6-8-7-3-5/h2-3H,1H3. The third kappa shape index (κ3) is 1.28. The van der Waals surface area contributed by atoms with Gasteiger partial charge in [0.2, 0.25) is 0 Å². The van der Waals surface area contributed by atoms with E-state index in [1.54, 1.807) is 0 Å². The topological polar surface area (TPSA) is 55.7 Å². The smallest absolute Gasteiger partial charge is 0.163 e. The molecular formula is C5H5N3O. The maximum atomic E-state index is 10.5. The highest BCUT2D eigenvalue weighted by Crippen LogP contribution is 1.90. The van der Waals surface area contributed by atoms with Gasteiger partial charge in [0.25, 0.3) is 0 Å². The molecule has 0 spiro atoms. The van der Waals surface area contributed by atoms with E-state index in [0.717, 1.165) is 0 Å². The number of hydrogen-bond donors (Lipinski definition) is 0. The minimum atomic E-state index is -0.0441. The predicted molar refractivity (Wildman–Crippen MR) is 29.8 cm³/mol. The van der Waals surface area contributed by atoms with Gasteiger partial charge in [-0.2, -0.15) is 0 Å². The molecule has 4 nitrogen and oxygen atoms in total. The Morgan fingerprint density at radius 2 is 2.00 bits per heavy atom. The third-order valence-electron chi connectivity index (χ3n) is 0.903. The lowest BCUT2D eigenvalue weighted by Crippen LogP contribution is -1.95. The summed E-state index contributed by atoms with van der Waals surface area (Å²) in [7, 11) is 0. The van der Waals surface area contributed by atoms with E-state index in [9.17, 15) is 4.79 Å². The number of ketones is 1. The number of hydrogen-bond acceptors (Lipinski definition) is 4. The van der Waals surface area contributed by atoms with Gasteiger partial charge in [-0.15, -0.1) is 10.2 Å². The summed E-state index contributed by atoms with van der Waals surface area (Å²) < 4.78 is 0. The summed E-state index contributed by atoms with van der Waals surface area (Å²) in [5, 5.41) is 10.1. The molecule has 0 radical (unpaired) electrons. The summed E-state index contributed by atoms with van der Waals surface area (Å²) in [4.78, 5) is 10.5. The van der Waals surface area contributed by atoms with Crippen LogP contribution in [0.1, 0.15) is 17.3 Å². The monoisotopic (exact) mass is 123 g/mol. The molecule has 0 aromatic carbocycles. The van der Waals surface area contributed by atoms with Crippen molar-refractivity contribution in [3.05, 3.63) is 18.0 Å². The van der Waals surface area contributed by atoms with E-state index in [2.05, 4.69) is 15.4 Å². The van der Waals surface area contributed by atoms with Gasteiger partial charge in [0.1, 0.15) is 0 Å². The number of rotatable bonds is 1. The van der Waals surface area contributed by atoms with E-state index >= 15 is 0 Å². The zero-order valence-corrected chi connectivity index (χ0v) is 4.90. The average molecular weight is 123 g/mol. The van der Waals surface area contributed by atoms with Crippen LogP contribution in [0.3, 0.4) is 0 Å². The van der Waals surface area contributed by atoms with Crippen LogP contribution in [-0.4, -0.2) is 21.2 Å². The molecule has 0 unspecified atom stereocenters. The lowest BCUT2D eigenvalue weighted by molar-refractivity contribution is 0.101. The van der Waals surface area contributed by atoms with Crippen LogP contribution in [0, 0.1) is 0 Å². The summed E-state index contributed by atoms with van der Waals surface area (Å²) >= 11 is 0. The molecule has 1 aromatic rings. The Morgan fingerprint density at radius 3 is 2.33 bits per heavy atom. The SMILES string of the molecule is CC(=O)c1cnnnc1. The van der Waals surface area contributed by atoms with Crippen LogP contribution in [0.2, 0.25) is 0 Å². The molecule has 0 aliphatic heterocycles. The molecule has 0 saturated carbocycles. The number of carbonyl (C=O) groups is 1. The molecule has 1 rings (SSSR count). The van der Waals surface area contributed by atoms with Crippen LogP contribution >= 0.6 is 0 Å². The molecule has 9 heavy (non-hydrogen) atoms. The second kappa shape index (κ2) is 2.30. The van der Waals surface area contributed by atoms with Crippen LogP contribution in [0.25, 0.3) is 0 Å². The van der Waals surface area contributed by atoms with Crippen molar-refractivity contribution in [3.63, 3.8) is 0 Å². The van der Waals surface area contributed by atoms with Crippen LogP contribution in [0.5, 0.6) is 0 Å². The summed E-state index contributed by atoms with van der Waals surface area (Å²) in [6.07, 6.45) is 2.77. The summed E-state index contributed by atoms with van der Waals surface area (Å²) in [6.45, 7) is 1.46. The van der Waals surface area contributed by atoms with Crippen molar-refractivity contribution in [1.82, 2.24) is 15.4 Å². The van der Waals surface area contributed by atoms with E-state index in [0.29, 0.717) is 5.56 Å². The molecule has 0 atom stereocenters. The van der Waals surface area contributed by atoms with Crippen molar-refractivity contribution < 1.29 is 4.79 Å². The fourth-order valence-corrected chi connectivity index (χ4v) is 0.421. The number of Topliss-reactive ketones (excluding diaryl/α,β-unsaturated/α-hetero) is 1. The molecule has 46 valence electrons. The Hall–Kier alpha value is -1.32. The van der Waals surface area contributed by atoms with Crippen molar-refractivity contribution in [2.75, 3.05) is 0 Å². The third-order valence-corrected chi connectivity index (χ3v) is 0.903. The number of carbonyl (C=O) groups excluding carboxylic acids is 1. The minimum absolute atomic E-state index is 0.0441. The second-order valence-corrected chi connectivity index (χ2v) is 1.59. The first-order valence-electron chi connectivity index (χ1n) is 2.45. The van der Waals surface area contributed by atoms with E-state index in [1.807, 2.05) is 0 Å². The number of nitrogens with zero attached hydrogens (tertiary/aromatic N) is 3. The largest absolute Gasteiger partial charge is 0.294 e. The first-order valence-corrected chi connectivity index (χ1v) is 2.45. The Kier molecular flexibility index (Phi) is 1.48. The van der Waals surface area contributed by atoms with Crippen LogP contribution in [0.4, 0.5) is 0 Å². The maximum absolute atomic E-state index is 10.5. The van der Waals surface area contributed by atoms with Crippen LogP contribution in [-0.2, 0) is 0 Å². The van der Waals surface area contributed by atoms with E-state index in [1.165, 1.54) is 19.3 Å². The average Bonchev–Trinajstić information content (AvgIpc) is 1.90. The first kappa shape index (κ1) is 5.81.